The van der Waals surface area contributed by atoms with Crippen LogP contribution in [0.3, 0.4) is 0 Å². The molecule has 4 rings (SSSR count). The number of carbonyl (C=O) groups excluding carboxylic acids is 2. The summed E-state index contributed by atoms with van der Waals surface area (Å²) in [5.41, 5.74) is 2.72. The normalized spacial score (nSPS) is 17.1. The summed E-state index contributed by atoms with van der Waals surface area (Å²) in [6.45, 7) is 7.59. The smallest absolute Gasteiger partial charge is 0.300 e. The summed E-state index contributed by atoms with van der Waals surface area (Å²) in [7, 11) is 1.38. The zero-order valence-electron chi connectivity index (χ0n) is 20.8. The largest absolute Gasteiger partial charge is 0.507 e. The van der Waals surface area contributed by atoms with Gasteiger partial charge in [0, 0.05) is 5.69 Å². The Hall–Kier alpha value is -4.13. The minimum atomic E-state index is -0.977. The molecule has 1 atom stereocenters. The number of halogens is 1. The summed E-state index contributed by atoms with van der Waals surface area (Å²) in [6, 6.07) is 15.3. The quantitative estimate of drug-likeness (QED) is 0.266. The van der Waals surface area contributed by atoms with Gasteiger partial charge < -0.3 is 14.6 Å². The van der Waals surface area contributed by atoms with E-state index >= 15 is 0 Å². The lowest BCUT2D eigenvalue weighted by Crippen LogP contribution is -2.29. The van der Waals surface area contributed by atoms with Gasteiger partial charge in [0.05, 0.1) is 30.4 Å². The van der Waals surface area contributed by atoms with Gasteiger partial charge in [0.25, 0.3) is 11.7 Å². The van der Waals surface area contributed by atoms with Crippen molar-refractivity contribution >= 4 is 23.1 Å². The zero-order chi connectivity index (χ0) is 26.1. The van der Waals surface area contributed by atoms with Gasteiger partial charge in [-0.3, -0.25) is 14.5 Å². The number of aryl methyl sites for hydroxylation is 2. The fraction of sp³-hybridized carbons (Fsp3) is 0.241. The molecule has 1 N–H and O–H groups in total. The van der Waals surface area contributed by atoms with Crippen LogP contribution in [0.4, 0.5) is 10.1 Å². The number of amides is 1. The molecule has 0 radical (unpaired) electrons. The summed E-state index contributed by atoms with van der Waals surface area (Å²) in [4.78, 5) is 28.2. The molecule has 186 valence electrons. The van der Waals surface area contributed by atoms with Crippen molar-refractivity contribution < 1.29 is 28.6 Å². The van der Waals surface area contributed by atoms with Crippen molar-refractivity contribution in [3.63, 3.8) is 0 Å². The number of carbonyl (C=O) groups is 2. The first kappa shape index (κ1) is 25.0. The van der Waals surface area contributed by atoms with Crippen LogP contribution in [0.15, 0.2) is 66.2 Å². The minimum absolute atomic E-state index is 0.0180. The third-order valence-electron chi connectivity index (χ3n) is 5.89. The highest BCUT2D eigenvalue weighted by Gasteiger charge is 2.47. The van der Waals surface area contributed by atoms with Crippen molar-refractivity contribution in [2.24, 2.45) is 0 Å². The van der Waals surface area contributed by atoms with Crippen LogP contribution >= 0.6 is 0 Å². The third-order valence-corrected chi connectivity index (χ3v) is 5.89. The van der Waals surface area contributed by atoms with Crippen LogP contribution in [0, 0.1) is 19.7 Å². The van der Waals surface area contributed by atoms with E-state index in [2.05, 4.69) is 0 Å². The van der Waals surface area contributed by atoms with Crippen molar-refractivity contribution in [3.05, 3.63) is 94.3 Å². The molecule has 7 heteroatoms. The molecule has 3 aromatic carbocycles. The van der Waals surface area contributed by atoms with E-state index in [1.807, 2.05) is 45.9 Å². The number of aliphatic hydroxyl groups excluding tert-OH is 1. The summed E-state index contributed by atoms with van der Waals surface area (Å²) >= 11 is 0. The van der Waals surface area contributed by atoms with Gasteiger partial charge in [0.1, 0.15) is 23.1 Å². The Labute approximate surface area is 209 Å². The van der Waals surface area contributed by atoms with Crippen molar-refractivity contribution in [2.45, 2.75) is 39.8 Å². The lowest BCUT2D eigenvalue weighted by atomic mass is 9.94. The van der Waals surface area contributed by atoms with E-state index in [-0.39, 0.29) is 23.0 Å². The van der Waals surface area contributed by atoms with E-state index in [9.17, 15) is 19.1 Å². The van der Waals surface area contributed by atoms with Crippen LogP contribution < -0.4 is 14.4 Å². The van der Waals surface area contributed by atoms with Crippen LogP contribution in [-0.2, 0) is 9.59 Å². The van der Waals surface area contributed by atoms with Gasteiger partial charge in [-0.05, 0) is 86.8 Å². The van der Waals surface area contributed by atoms with Crippen molar-refractivity contribution in [1.82, 2.24) is 0 Å². The van der Waals surface area contributed by atoms with E-state index in [1.54, 1.807) is 24.3 Å². The highest BCUT2D eigenvalue weighted by atomic mass is 19.1. The molecule has 36 heavy (non-hydrogen) atoms. The average Bonchev–Trinajstić information content (AvgIpc) is 3.08. The van der Waals surface area contributed by atoms with Crippen LogP contribution in [0.1, 0.15) is 42.1 Å². The Balaban J connectivity index is 2.00. The third kappa shape index (κ3) is 4.69. The molecular weight excluding hydrogens is 461 g/mol. The van der Waals surface area contributed by atoms with Crippen molar-refractivity contribution in [2.75, 3.05) is 12.0 Å². The number of ether oxygens (including phenoxy) is 2. The number of hydrogen-bond donors (Lipinski definition) is 1. The number of ketones is 1. The first-order valence-corrected chi connectivity index (χ1v) is 11.6. The molecule has 0 aromatic heterocycles. The van der Waals surface area contributed by atoms with Gasteiger partial charge in [-0.2, -0.15) is 0 Å². The molecule has 6 nitrogen and oxygen atoms in total. The molecule has 0 saturated carbocycles. The maximum absolute atomic E-state index is 14.2. The monoisotopic (exact) mass is 489 g/mol. The first-order chi connectivity index (χ1) is 17.1. The zero-order valence-corrected chi connectivity index (χ0v) is 20.8. The molecular formula is C29H28FNO5. The Morgan fingerprint density at radius 2 is 1.69 bits per heavy atom. The lowest BCUT2D eigenvalue weighted by molar-refractivity contribution is -0.132. The standard InChI is InChI=1S/C29H28FNO5/c1-16(2)36-22-8-6-7-19(14-22)26-25(27(32)23-15-20(30)9-10-24(23)35-5)28(33)29(34)31(26)21-12-17(3)11-18(4)13-21/h6-16,26,32H,1-5H3/b27-25+. The molecule has 3 aromatic rings. The summed E-state index contributed by atoms with van der Waals surface area (Å²) < 4.78 is 25.3. The van der Waals surface area contributed by atoms with Gasteiger partial charge in [-0.25, -0.2) is 4.39 Å². The second-order valence-electron chi connectivity index (χ2n) is 9.10. The van der Waals surface area contributed by atoms with Crippen LogP contribution in [0.25, 0.3) is 5.76 Å². The summed E-state index contributed by atoms with van der Waals surface area (Å²) in [5, 5.41) is 11.4. The molecule has 1 aliphatic rings. The number of Topliss-reactive ketones (excluding diaryl/α,β-unsaturated/α-hetero) is 1. The predicted octanol–water partition coefficient (Wildman–Crippen LogP) is 5.86. The SMILES string of the molecule is COc1ccc(F)cc1/C(O)=C1\C(=O)C(=O)N(c2cc(C)cc(C)c2)C1c1cccc(OC(C)C)c1. The summed E-state index contributed by atoms with van der Waals surface area (Å²) in [5.74, 6) is -2.09. The summed E-state index contributed by atoms with van der Waals surface area (Å²) in [6.07, 6.45) is -0.0948. The average molecular weight is 490 g/mol. The highest BCUT2D eigenvalue weighted by Crippen LogP contribution is 2.44. The molecule has 1 saturated heterocycles. The van der Waals surface area contributed by atoms with E-state index in [1.165, 1.54) is 24.1 Å². The van der Waals surface area contributed by atoms with Gasteiger partial charge >= 0.3 is 0 Å². The van der Waals surface area contributed by atoms with E-state index in [4.69, 9.17) is 9.47 Å². The molecule has 0 aliphatic carbocycles. The number of benzene rings is 3. The number of rotatable bonds is 6. The fourth-order valence-electron chi connectivity index (χ4n) is 4.54. The Kier molecular flexibility index (Phi) is 6.84. The lowest BCUT2D eigenvalue weighted by Gasteiger charge is -2.26. The number of hydrogen-bond acceptors (Lipinski definition) is 5. The second kappa shape index (κ2) is 9.85. The number of aliphatic hydroxyl groups is 1. The molecule has 1 aliphatic heterocycles. The van der Waals surface area contributed by atoms with Crippen molar-refractivity contribution in [3.8, 4) is 11.5 Å². The second-order valence-corrected chi connectivity index (χ2v) is 9.10. The maximum Gasteiger partial charge on any atom is 0.300 e. The Morgan fingerprint density at radius 3 is 2.33 bits per heavy atom. The molecule has 0 bridgehead atoms. The number of nitrogens with zero attached hydrogens (tertiary/aromatic N) is 1. The highest BCUT2D eigenvalue weighted by molar-refractivity contribution is 6.51. The van der Waals surface area contributed by atoms with Crippen LogP contribution in [0.5, 0.6) is 11.5 Å². The minimum Gasteiger partial charge on any atom is -0.507 e. The van der Waals surface area contributed by atoms with Gasteiger partial charge in [0.15, 0.2) is 0 Å². The molecule has 0 spiro atoms. The Bertz CT molecular complexity index is 1360. The Morgan fingerprint density at radius 1 is 1.00 bits per heavy atom. The number of methoxy groups -OCH3 is 1. The first-order valence-electron chi connectivity index (χ1n) is 11.6. The molecule has 1 amide bonds. The van der Waals surface area contributed by atoms with E-state index in [0.29, 0.717) is 17.0 Å². The number of anilines is 1. The van der Waals surface area contributed by atoms with Crippen LogP contribution in [-0.4, -0.2) is 30.0 Å². The predicted molar refractivity (Wildman–Crippen MR) is 136 cm³/mol. The van der Waals surface area contributed by atoms with E-state index in [0.717, 1.165) is 17.2 Å². The maximum atomic E-state index is 14.2. The molecule has 1 heterocycles. The van der Waals surface area contributed by atoms with Gasteiger partial charge in [0.2, 0.25) is 0 Å². The topological polar surface area (TPSA) is 76.1 Å². The van der Waals surface area contributed by atoms with Gasteiger partial charge in [-0.1, -0.05) is 18.2 Å². The molecule has 1 unspecified atom stereocenters. The molecule has 1 fully saturated rings. The fourth-order valence-corrected chi connectivity index (χ4v) is 4.54. The van der Waals surface area contributed by atoms with Gasteiger partial charge in [-0.15, -0.1) is 0 Å². The van der Waals surface area contributed by atoms with E-state index < -0.39 is 29.3 Å². The van der Waals surface area contributed by atoms with Crippen LogP contribution in [0.2, 0.25) is 0 Å². The van der Waals surface area contributed by atoms with Crippen molar-refractivity contribution in [1.29, 1.82) is 0 Å².